The van der Waals surface area contributed by atoms with Gasteiger partial charge in [-0.1, -0.05) is 30.3 Å². The topological polar surface area (TPSA) is 74.4 Å². The molecule has 3 aromatic rings. The molecule has 0 unspecified atom stereocenters. The van der Waals surface area contributed by atoms with E-state index in [9.17, 15) is 4.79 Å². The molecular weight excluding hydrogens is 408 g/mol. The molecule has 5 nitrogen and oxygen atoms in total. The van der Waals surface area contributed by atoms with Crippen molar-refractivity contribution in [1.82, 2.24) is 4.98 Å². The number of rotatable bonds is 7. The molecule has 1 heterocycles. The van der Waals surface area contributed by atoms with Gasteiger partial charge in [-0.3, -0.25) is 4.79 Å². The van der Waals surface area contributed by atoms with Gasteiger partial charge in [0, 0.05) is 5.39 Å². The monoisotopic (exact) mass is 426 g/mol. The fraction of sp³-hybridized carbons (Fsp3) is 0.143. The quantitative estimate of drug-likeness (QED) is 0.606. The van der Waals surface area contributed by atoms with E-state index >= 15 is 0 Å². The Morgan fingerprint density at radius 3 is 2.74 bits per heavy atom. The summed E-state index contributed by atoms with van der Waals surface area (Å²) in [6, 6.07) is 15.7. The summed E-state index contributed by atoms with van der Waals surface area (Å²) in [5.74, 6) is 0.451. The van der Waals surface area contributed by atoms with Crippen LogP contribution in [-0.2, 0) is 4.79 Å². The van der Waals surface area contributed by atoms with Crippen LogP contribution in [0.15, 0.2) is 53.0 Å². The maximum atomic E-state index is 11.0. The lowest BCUT2D eigenvalue weighted by molar-refractivity contribution is -0.119. The van der Waals surface area contributed by atoms with E-state index in [2.05, 4.69) is 20.9 Å². The number of carbonyl (C=O) groups excluding carboxylic acids is 1. The van der Waals surface area contributed by atoms with Crippen molar-refractivity contribution in [2.45, 2.75) is 6.92 Å². The molecule has 27 heavy (non-hydrogen) atoms. The van der Waals surface area contributed by atoms with E-state index < -0.39 is 5.91 Å². The van der Waals surface area contributed by atoms with Crippen molar-refractivity contribution in [3.63, 3.8) is 0 Å². The Balaban J connectivity index is 1.88. The van der Waals surface area contributed by atoms with Crippen molar-refractivity contribution >= 4 is 44.9 Å². The molecule has 1 amide bonds. The van der Waals surface area contributed by atoms with E-state index in [4.69, 9.17) is 15.2 Å². The molecule has 0 saturated heterocycles. The number of pyridine rings is 1. The second kappa shape index (κ2) is 8.68. The Morgan fingerprint density at radius 1 is 1.15 bits per heavy atom. The summed E-state index contributed by atoms with van der Waals surface area (Å²) < 4.78 is 11.8. The van der Waals surface area contributed by atoms with Crippen molar-refractivity contribution in [2.24, 2.45) is 5.73 Å². The van der Waals surface area contributed by atoms with Crippen LogP contribution in [0.25, 0.3) is 23.1 Å². The third-order valence-corrected chi connectivity index (χ3v) is 4.35. The van der Waals surface area contributed by atoms with E-state index in [0.717, 1.165) is 22.2 Å². The smallest absolute Gasteiger partial charge is 0.255 e. The fourth-order valence-corrected chi connectivity index (χ4v) is 3.16. The van der Waals surface area contributed by atoms with Crippen LogP contribution in [0.5, 0.6) is 11.5 Å². The lowest BCUT2D eigenvalue weighted by Crippen LogP contribution is -2.20. The number of fused-ring (bicyclic) bond motifs is 1. The SMILES string of the molecule is CCOc1cc(/C=C/c2ccc3ccccc3n2)cc(Br)c1OCC(N)=O. The normalized spacial score (nSPS) is 11.0. The molecule has 2 N–H and O–H groups in total. The van der Waals surface area contributed by atoms with Crippen LogP contribution in [-0.4, -0.2) is 24.1 Å². The number of halogens is 1. The molecule has 0 radical (unpaired) electrons. The molecule has 138 valence electrons. The van der Waals surface area contributed by atoms with Gasteiger partial charge in [-0.05, 0) is 58.8 Å². The first-order valence-corrected chi connectivity index (χ1v) is 9.27. The number of nitrogens with zero attached hydrogens (tertiary/aromatic N) is 1. The number of amides is 1. The molecule has 0 aliphatic rings. The van der Waals surface area contributed by atoms with E-state index in [0.29, 0.717) is 22.6 Å². The number of benzene rings is 2. The van der Waals surface area contributed by atoms with Gasteiger partial charge in [0.1, 0.15) is 0 Å². The lowest BCUT2D eigenvalue weighted by Gasteiger charge is -2.13. The minimum Gasteiger partial charge on any atom is -0.490 e. The summed E-state index contributed by atoms with van der Waals surface area (Å²) in [4.78, 5) is 15.6. The minimum atomic E-state index is -0.546. The summed E-state index contributed by atoms with van der Waals surface area (Å²) in [6.07, 6.45) is 3.89. The number of primary amides is 1. The third kappa shape index (κ3) is 4.86. The molecule has 0 bridgehead atoms. The Bertz CT molecular complexity index is 1000. The molecule has 0 aliphatic heterocycles. The van der Waals surface area contributed by atoms with Crippen molar-refractivity contribution in [3.8, 4) is 11.5 Å². The Hall–Kier alpha value is -2.86. The molecule has 0 atom stereocenters. The van der Waals surface area contributed by atoms with Gasteiger partial charge in [0.2, 0.25) is 0 Å². The van der Waals surface area contributed by atoms with Gasteiger partial charge in [-0.25, -0.2) is 4.98 Å². The van der Waals surface area contributed by atoms with E-state index in [1.54, 1.807) is 0 Å². The molecule has 2 aromatic carbocycles. The van der Waals surface area contributed by atoms with Crippen molar-refractivity contribution in [2.75, 3.05) is 13.2 Å². The second-order valence-corrected chi connectivity index (χ2v) is 6.63. The van der Waals surface area contributed by atoms with Gasteiger partial charge in [0.25, 0.3) is 5.91 Å². The maximum absolute atomic E-state index is 11.0. The number of hydrogen-bond donors (Lipinski definition) is 1. The van der Waals surface area contributed by atoms with E-state index in [1.807, 2.05) is 67.6 Å². The molecule has 0 fully saturated rings. The summed E-state index contributed by atoms with van der Waals surface area (Å²) in [6.45, 7) is 2.14. The van der Waals surface area contributed by atoms with E-state index in [1.165, 1.54) is 0 Å². The molecule has 0 saturated carbocycles. The predicted molar refractivity (Wildman–Crippen MR) is 111 cm³/mol. The van der Waals surface area contributed by atoms with Gasteiger partial charge >= 0.3 is 0 Å². The Labute approximate surface area is 165 Å². The molecule has 3 rings (SSSR count). The van der Waals surface area contributed by atoms with Gasteiger partial charge in [-0.15, -0.1) is 0 Å². The van der Waals surface area contributed by atoms with Crippen LogP contribution >= 0.6 is 15.9 Å². The van der Waals surface area contributed by atoms with E-state index in [-0.39, 0.29) is 6.61 Å². The highest BCUT2D eigenvalue weighted by atomic mass is 79.9. The van der Waals surface area contributed by atoms with Gasteiger partial charge in [0.15, 0.2) is 18.1 Å². The summed E-state index contributed by atoms with van der Waals surface area (Å²) in [7, 11) is 0. The number of ether oxygens (including phenoxy) is 2. The zero-order chi connectivity index (χ0) is 19.2. The highest BCUT2D eigenvalue weighted by molar-refractivity contribution is 9.10. The number of para-hydroxylation sites is 1. The molecule has 0 spiro atoms. The van der Waals surface area contributed by atoms with Gasteiger partial charge in [-0.2, -0.15) is 0 Å². The maximum Gasteiger partial charge on any atom is 0.255 e. The number of aromatic nitrogens is 1. The van der Waals surface area contributed by atoms with Crippen molar-refractivity contribution in [1.29, 1.82) is 0 Å². The highest BCUT2D eigenvalue weighted by Crippen LogP contribution is 2.37. The predicted octanol–water partition coefficient (Wildman–Crippen LogP) is 4.43. The zero-order valence-electron chi connectivity index (χ0n) is 14.8. The minimum absolute atomic E-state index is 0.213. The first-order chi connectivity index (χ1) is 13.1. The van der Waals surface area contributed by atoms with Crippen LogP contribution < -0.4 is 15.2 Å². The summed E-state index contributed by atoms with van der Waals surface area (Å²) >= 11 is 3.47. The average molecular weight is 427 g/mol. The number of hydrogen-bond acceptors (Lipinski definition) is 4. The summed E-state index contributed by atoms with van der Waals surface area (Å²) in [5, 5.41) is 1.10. The molecule has 6 heteroatoms. The van der Waals surface area contributed by atoms with Crippen LogP contribution in [0.3, 0.4) is 0 Å². The Kier molecular flexibility index (Phi) is 6.08. The molecule has 1 aromatic heterocycles. The average Bonchev–Trinajstić information content (AvgIpc) is 2.65. The lowest BCUT2D eigenvalue weighted by atomic mass is 10.1. The van der Waals surface area contributed by atoms with Crippen LogP contribution in [0.1, 0.15) is 18.2 Å². The van der Waals surface area contributed by atoms with Crippen LogP contribution in [0.2, 0.25) is 0 Å². The first-order valence-electron chi connectivity index (χ1n) is 8.48. The second-order valence-electron chi connectivity index (χ2n) is 5.78. The standard InChI is InChI=1S/C21H19BrN2O3/c1-2-26-19-12-14(11-17(22)21(19)27-13-20(23)25)7-9-16-10-8-15-5-3-4-6-18(15)24-16/h3-12H,2,13H2,1H3,(H2,23,25)/b9-7+. The van der Waals surface area contributed by atoms with Crippen LogP contribution in [0.4, 0.5) is 0 Å². The molecular formula is C21H19BrN2O3. The van der Waals surface area contributed by atoms with Gasteiger partial charge < -0.3 is 15.2 Å². The zero-order valence-corrected chi connectivity index (χ0v) is 16.4. The third-order valence-electron chi connectivity index (χ3n) is 3.76. The Morgan fingerprint density at radius 2 is 1.96 bits per heavy atom. The molecule has 0 aliphatic carbocycles. The number of carbonyl (C=O) groups is 1. The van der Waals surface area contributed by atoms with Crippen molar-refractivity contribution in [3.05, 3.63) is 64.3 Å². The van der Waals surface area contributed by atoms with Gasteiger partial charge in [0.05, 0.1) is 22.3 Å². The fourth-order valence-electron chi connectivity index (χ4n) is 2.59. The van der Waals surface area contributed by atoms with Crippen LogP contribution in [0, 0.1) is 0 Å². The summed E-state index contributed by atoms with van der Waals surface area (Å²) in [5.41, 5.74) is 7.87. The highest BCUT2D eigenvalue weighted by Gasteiger charge is 2.12. The largest absolute Gasteiger partial charge is 0.490 e. The first kappa shape index (κ1) is 18.9. The van der Waals surface area contributed by atoms with Crippen molar-refractivity contribution < 1.29 is 14.3 Å². The number of nitrogens with two attached hydrogens (primary N) is 1.